The highest BCUT2D eigenvalue weighted by molar-refractivity contribution is 5.91. The molecule has 128 valence electrons. The third-order valence-electron chi connectivity index (χ3n) is 3.72. The van der Waals surface area contributed by atoms with Gasteiger partial charge < -0.3 is 15.0 Å². The smallest absolute Gasteiger partial charge is 0.271 e. The molecule has 0 aliphatic rings. The Balaban J connectivity index is 1.69. The number of nitrogens with one attached hydrogen (secondary N) is 3. The van der Waals surface area contributed by atoms with Crippen LogP contribution >= 0.6 is 0 Å². The maximum absolute atomic E-state index is 12.2. The molecule has 0 saturated carbocycles. The number of carbonyl (C=O) groups is 1. The molecule has 0 fully saturated rings. The quantitative estimate of drug-likeness (QED) is 0.628. The predicted molar refractivity (Wildman–Crippen MR) is 92.0 cm³/mol. The maximum atomic E-state index is 12.2. The zero-order chi connectivity index (χ0) is 17.8. The Morgan fingerprint density at radius 3 is 2.76 bits per heavy atom. The maximum Gasteiger partial charge on any atom is 0.271 e. The van der Waals surface area contributed by atoms with E-state index in [4.69, 9.17) is 4.74 Å². The molecule has 8 nitrogen and oxygen atoms in total. The number of hydrogen-bond acceptors (Lipinski definition) is 5. The number of H-pyrrole nitrogens is 2. The van der Waals surface area contributed by atoms with Gasteiger partial charge in [0.2, 0.25) is 0 Å². The van der Waals surface area contributed by atoms with Gasteiger partial charge in [0.15, 0.2) is 0 Å². The van der Waals surface area contributed by atoms with Crippen molar-refractivity contribution >= 4 is 16.8 Å². The Morgan fingerprint density at radius 2 is 2.04 bits per heavy atom. The monoisotopic (exact) mass is 340 g/mol. The van der Waals surface area contributed by atoms with Crippen LogP contribution in [0.25, 0.3) is 10.9 Å². The van der Waals surface area contributed by atoms with Gasteiger partial charge >= 0.3 is 0 Å². The van der Waals surface area contributed by atoms with Gasteiger partial charge in [-0.2, -0.15) is 5.10 Å². The van der Waals surface area contributed by atoms with Crippen molar-refractivity contribution in [1.29, 1.82) is 0 Å². The molecule has 0 atom stereocenters. The van der Waals surface area contributed by atoms with Crippen molar-refractivity contribution < 1.29 is 9.53 Å². The van der Waals surface area contributed by atoms with Crippen molar-refractivity contribution in [2.75, 3.05) is 13.7 Å². The van der Waals surface area contributed by atoms with E-state index < -0.39 is 5.91 Å². The number of carbonyl (C=O) groups excluding carboxylic acids is 1. The Labute approximate surface area is 141 Å². The fraction of sp³-hybridized carbons (Fsp3) is 0.176. The number of hydrogen-bond donors (Lipinski definition) is 3. The zero-order valence-corrected chi connectivity index (χ0v) is 13.5. The number of aromatic amines is 2. The molecule has 25 heavy (non-hydrogen) atoms. The summed E-state index contributed by atoms with van der Waals surface area (Å²) in [5.41, 5.74) is 0.772. The molecular formula is C17H16N4O4. The van der Waals surface area contributed by atoms with Crippen molar-refractivity contribution in [1.82, 2.24) is 20.5 Å². The zero-order valence-electron chi connectivity index (χ0n) is 13.5. The van der Waals surface area contributed by atoms with Crippen LogP contribution in [-0.2, 0) is 6.42 Å². The number of methoxy groups -OCH3 is 1. The van der Waals surface area contributed by atoms with Gasteiger partial charge in [-0.25, -0.2) is 5.10 Å². The third kappa shape index (κ3) is 3.74. The van der Waals surface area contributed by atoms with Gasteiger partial charge in [0.1, 0.15) is 11.4 Å². The molecule has 3 aromatic rings. The second-order valence-corrected chi connectivity index (χ2v) is 5.39. The topological polar surface area (TPSA) is 117 Å². The highest BCUT2D eigenvalue weighted by Gasteiger charge is 2.08. The Kier molecular flexibility index (Phi) is 4.60. The first-order chi connectivity index (χ1) is 12.1. The van der Waals surface area contributed by atoms with Crippen LogP contribution in [0, 0.1) is 0 Å². The van der Waals surface area contributed by atoms with Crippen molar-refractivity contribution in [2.24, 2.45) is 0 Å². The largest absolute Gasteiger partial charge is 0.497 e. The first kappa shape index (κ1) is 16.4. The van der Waals surface area contributed by atoms with Crippen molar-refractivity contribution in [3.05, 3.63) is 68.4 Å². The summed E-state index contributed by atoms with van der Waals surface area (Å²) in [4.78, 5) is 37.8. The molecule has 1 amide bonds. The lowest BCUT2D eigenvalue weighted by molar-refractivity contribution is 0.0948. The van der Waals surface area contributed by atoms with Gasteiger partial charge in [0.25, 0.3) is 17.0 Å². The van der Waals surface area contributed by atoms with Crippen molar-refractivity contribution in [2.45, 2.75) is 6.42 Å². The number of fused-ring (bicyclic) bond motifs is 1. The molecule has 0 radical (unpaired) electrons. The minimum atomic E-state index is -0.418. The SMILES string of the molecule is COc1ccc2cc(CCNC(=O)c3ccc(=O)[nH]n3)c(=O)[nH]c2c1. The number of nitrogens with zero attached hydrogens (tertiary/aromatic N) is 1. The summed E-state index contributed by atoms with van der Waals surface area (Å²) in [5, 5.41) is 9.39. The summed E-state index contributed by atoms with van der Waals surface area (Å²) in [6.45, 7) is 0.268. The molecule has 3 N–H and O–H groups in total. The summed E-state index contributed by atoms with van der Waals surface area (Å²) in [6, 6.07) is 9.78. The molecule has 0 aliphatic carbocycles. The van der Waals surface area contributed by atoms with Crippen LogP contribution in [0.4, 0.5) is 0 Å². The second-order valence-electron chi connectivity index (χ2n) is 5.39. The van der Waals surface area contributed by atoms with E-state index in [2.05, 4.69) is 20.5 Å². The van der Waals surface area contributed by atoms with Gasteiger partial charge in [-0.1, -0.05) is 0 Å². The molecule has 0 bridgehead atoms. The van der Waals surface area contributed by atoms with Crippen LogP contribution < -0.4 is 21.2 Å². The fourth-order valence-electron chi connectivity index (χ4n) is 2.41. The van der Waals surface area contributed by atoms with Crippen molar-refractivity contribution in [3.63, 3.8) is 0 Å². The van der Waals surface area contributed by atoms with Gasteiger partial charge in [-0.15, -0.1) is 0 Å². The third-order valence-corrected chi connectivity index (χ3v) is 3.72. The summed E-state index contributed by atoms with van der Waals surface area (Å²) >= 11 is 0. The lowest BCUT2D eigenvalue weighted by atomic mass is 10.1. The average molecular weight is 340 g/mol. The molecule has 2 aromatic heterocycles. The van der Waals surface area contributed by atoms with Crippen LogP contribution in [0.5, 0.6) is 5.75 Å². The number of benzene rings is 1. The first-order valence-corrected chi connectivity index (χ1v) is 7.61. The average Bonchev–Trinajstić information content (AvgIpc) is 2.62. The summed E-state index contributed by atoms with van der Waals surface area (Å²) in [7, 11) is 1.56. The number of aromatic nitrogens is 3. The summed E-state index contributed by atoms with van der Waals surface area (Å²) in [6.07, 6.45) is 0.367. The Bertz CT molecular complexity index is 1020. The van der Waals surface area contributed by atoms with E-state index in [1.165, 1.54) is 12.1 Å². The molecule has 0 saturated heterocycles. The number of amides is 1. The second kappa shape index (κ2) is 7.00. The highest BCUT2D eigenvalue weighted by Crippen LogP contribution is 2.18. The van der Waals surface area contributed by atoms with E-state index in [0.717, 1.165) is 5.39 Å². The predicted octanol–water partition coefficient (Wildman–Crippen LogP) is 0.593. The van der Waals surface area contributed by atoms with E-state index >= 15 is 0 Å². The van der Waals surface area contributed by atoms with E-state index in [-0.39, 0.29) is 23.4 Å². The summed E-state index contributed by atoms with van der Waals surface area (Å²) < 4.78 is 5.14. The number of pyridine rings is 1. The molecule has 3 rings (SSSR count). The van der Waals surface area contributed by atoms with Gasteiger partial charge in [-0.3, -0.25) is 14.4 Å². The van der Waals surface area contributed by atoms with Crippen molar-refractivity contribution in [3.8, 4) is 5.75 Å². The molecule has 2 heterocycles. The normalized spacial score (nSPS) is 10.6. The minimum absolute atomic E-state index is 0.110. The molecule has 8 heteroatoms. The number of ether oxygens (including phenoxy) is 1. The van der Waals surface area contributed by atoms with Crippen LogP contribution in [0.1, 0.15) is 16.1 Å². The van der Waals surface area contributed by atoms with E-state index in [1.807, 2.05) is 12.1 Å². The first-order valence-electron chi connectivity index (χ1n) is 7.61. The lowest BCUT2D eigenvalue weighted by Gasteiger charge is -2.06. The van der Waals surface area contributed by atoms with Crippen LogP contribution in [-0.4, -0.2) is 34.7 Å². The minimum Gasteiger partial charge on any atom is -0.497 e. The molecular weight excluding hydrogens is 324 g/mol. The molecule has 0 unspecified atom stereocenters. The Morgan fingerprint density at radius 1 is 1.20 bits per heavy atom. The van der Waals surface area contributed by atoms with E-state index in [1.54, 1.807) is 19.2 Å². The summed E-state index contributed by atoms with van der Waals surface area (Å²) in [5.74, 6) is 0.245. The van der Waals surface area contributed by atoms with E-state index in [0.29, 0.717) is 23.3 Å². The molecule has 0 spiro atoms. The van der Waals surface area contributed by atoms with Crippen LogP contribution in [0.2, 0.25) is 0 Å². The standard InChI is InChI=1S/C17H16N4O4/c1-25-12-3-2-10-8-11(16(23)19-14(10)9-12)6-7-18-17(24)13-4-5-15(22)21-20-13/h2-5,8-9H,6-7H2,1H3,(H,18,24)(H,19,23)(H,21,22). The fourth-order valence-corrected chi connectivity index (χ4v) is 2.41. The Hall–Kier alpha value is -3.42. The van der Waals surface area contributed by atoms with Crippen LogP contribution in [0.3, 0.4) is 0 Å². The molecule has 1 aromatic carbocycles. The van der Waals surface area contributed by atoms with E-state index in [9.17, 15) is 14.4 Å². The lowest BCUT2D eigenvalue weighted by Crippen LogP contribution is -2.29. The van der Waals surface area contributed by atoms with Gasteiger partial charge in [0, 0.05) is 24.2 Å². The number of rotatable bonds is 5. The van der Waals surface area contributed by atoms with Gasteiger partial charge in [0.05, 0.1) is 12.6 Å². The van der Waals surface area contributed by atoms with Crippen LogP contribution in [0.15, 0.2) is 46.0 Å². The molecule has 0 aliphatic heterocycles. The highest BCUT2D eigenvalue weighted by atomic mass is 16.5. The van der Waals surface area contributed by atoms with Gasteiger partial charge in [-0.05, 0) is 36.1 Å².